The number of alkyl halides is 2. The summed E-state index contributed by atoms with van der Waals surface area (Å²) in [5, 5.41) is 9.62. The van der Waals surface area contributed by atoms with Crippen LogP contribution in [0.2, 0.25) is 0 Å². The molecule has 10 atom stereocenters. The Morgan fingerprint density at radius 3 is 2.43 bits per heavy atom. The molecule has 0 radical (unpaired) electrons. The molecule has 0 saturated carbocycles. The number of rotatable bonds is 11. The molecule has 2 saturated heterocycles. The van der Waals surface area contributed by atoms with E-state index in [-0.39, 0.29) is 34.1 Å². The number of aliphatic hydroxyl groups excluding tert-OH is 1. The fourth-order valence-corrected chi connectivity index (χ4v) is 6.39. The Morgan fingerprint density at radius 2 is 1.72 bits per heavy atom. The second kappa shape index (κ2) is 12.6. The third-order valence-electron chi connectivity index (χ3n) is 7.15. The van der Waals surface area contributed by atoms with Gasteiger partial charge in [0.1, 0.15) is 42.6 Å². The number of nitrogens with one attached hydrogen (secondary N) is 1. The Labute approximate surface area is 254 Å². The van der Waals surface area contributed by atoms with Gasteiger partial charge in [0.05, 0.1) is 25.9 Å². The minimum atomic E-state index is -5.26. The maximum absolute atomic E-state index is 15.7. The Morgan fingerprint density at radius 1 is 1.02 bits per heavy atom. The molecule has 0 aromatic carbocycles. The smallest absolute Gasteiger partial charge is 0.394 e. The van der Waals surface area contributed by atoms with Gasteiger partial charge in [-0.1, -0.05) is 0 Å². The third kappa shape index (κ3) is 6.01. The lowest BCUT2D eigenvalue weighted by Gasteiger charge is -2.24. The molecule has 25 heteroatoms. The first-order valence-corrected chi connectivity index (χ1v) is 16.3. The van der Waals surface area contributed by atoms with E-state index in [0.29, 0.717) is 0 Å². The van der Waals surface area contributed by atoms with Crippen molar-refractivity contribution in [2.45, 2.75) is 49.2 Å². The molecule has 2 fully saturated rings. The molecule has 4 unspecified atom stereocenters. The largest absolute Gasteiger partial charge is 0.472 e. The van der Waals surface area contributed by atoms with Crippen LogP contribution in [0.4, 0.5) is 20.5 Å². The predicted octanol–water partition coefficient (Wildman–Crippen LogP) is -1.10. The molecule has 2 aliphatic rings. The molecule has 21 nitrogen and oxygen atoms in total. The lowest BCUT2D eigenvalue weighted by molar-refractivity contribution is -0.0645. The summed E-state index contributed by atoms with van der Waals surface area (Å²) in [6, 6.07) is 0. The SMILES string of the molecule is Nc1nc2c(ncn2[C@@H]2O[C@H](CO)[C@H](F)[C@@H]2OP(=O)(O)OC[C@H]2O[C@@H](n3cnc4c(N)ncnc43)C(F)C2OC[PH](=O)O)c(=O)[nH]1. The lowest BCUT2D eigenvalue weighted by atomic mass is 10.1. The number of aliphatic hydroxyl groups is 1. The van der Waals surface area contributed by atoms with Crippen molar-refractivity contribution in [2.24, 2.45) is 0 Å². The second-order valence-electron chi connectivity index (χ2n) is 10.1. The van der Waals surface area contributed by atoms with E-state index in [2.05, 4.69) is 29.9 Å². The first-order valence-electron chi connectivity index (χ1n) is 13.2. The van der Waals surface area contributed by atoms with Crippen LogP contribution in [0.3, 0.4) is 0 Å². The van der Waals surface area contributed by atoms with E-state index in [1.165, 1.54) is 0 Å². The number of aromatic nitrogens is 8. The summed E-state index contributed by atoms with van der Waals surface area (Å²) in [5.74, 6) is -0.314. The van der Waals surface area contributed by atoms with Crippen molar-refractivity contribution in [3.8, 4) is 0 Å². The van der Waals surface area contributed by atoms with Gasteiger partial charge in [0, 0.05) is 0 Å². The molecule has 0 bridgehead atoms. The van der Waals surface area contributed by atoms with E-state index in [0.717, 1.165) is 28.1 Å². The third-order valence-corrected chi connectivity index (χ3v) is 8.55. The van der Waals surface area contributed by atoms with Gasteiger partial charge in [-0.05, 0) is 0 Å². The van der Waals surface area contributed by atoms with Gasteiger partial charge in [-0.25, -0.2) is 33.3 Å². The summed E-state index contributed by atoms with van der Waals surface area (Å²) in [6.07, 6.45) is -11.4. The van der Waals surface area contributed by atoms with Crippen LogP contribution in [0.5, 0.6) is 0 Å². The molecule has 8 N–H and O–H groups in total. The van der Waals surface area contributed by atoms with Crippen LogP contribution in [0.15, 0.2) is 23.8 Å². The van der Waals surface area contributed by atoms with Crippen molar-refractivity contribution in [3.63, 3.8) is 0 Å². The number of anilines is 2. The van der Waals surface area contributed by atoms with Crippen LogP contribution in [0, 0.1) is 0 Å². The number of H-pyrrole nitrogens is 1. The number of phosphoric ester groups is 1. The lowest BCUT2D eigenvalue weighted by Crippen LogP contribution is -2.35. The molecule has 4 aromatic rings. The molecule has 0 aliphatic carbocycles. The van der Waals surface area contributed by atoms with Crippen LogP contribution in [0.25, 0.3) is 22.3 Å². The Kier molecular flexibility index (Phi) is 8.89. The van der Waals surface area contributed by atoms with E-state index in [1.807, 2.05) is 0 Å². The molecule has 2 aliphatic heterocycles. The fraction of sp³-hybridized carbons (Fsp3) is 0.524. The topological polar surface area (TPSA) is 300 Å². The van der Waals surface area contributed by atoms with Gasteiger partial charge in [-0.15, -0.1) is 0 Å². The predicted molar refractivity (Wildman–Crippen MR) is 149 cm³/mol. The standard InChI is InChI=1S/C21H26F2N10O11P2/c22-9-7(1-34)42-20(33-5-29-12-17(33)30-21(25)31-18(12)35)14(9)44-46(38,39)41-2-8-13(40-6-45(36)37)10(23)19(43-8)32-4-28-11-15(24)26-3-27-16(11)32/h3-5,7-10,13-14,19-20,34,45H,1-2,6H2,(H,36,37)(H,38,39)(H2,24,26,27)(H3,25,30,31,35)/t7-,8-,9+,10?,13?,14+,19-,20-/m1/s1. The van der Waals surface area contributed by atoms with Gasteiger partial charge in [0.15, 0.2) is 47.4 Å². The van der Waals surface area contributed by atoms with Gasteiger partial charge in [-0.3, -0.25) is 32.5 Å². The van der Waals surface area contributed by atoms with E-state index in [1.54, 1.807) is 0 Å². The summed E-state index contributed by atoms with van der Waals surface area (Å²) >= 11 is 0. The maximum atomic E-state index is 15.7. The number of halogens is 2. The quantitative estimate of drug-likeness (QED) is 0.101. The molecule has 250 valence electrons. The Hall–Kier alpha value is -3.50. The number of imidazole rings is 2. The van der Waals surface area contributed by atoms with E-state index in [4.69, 9.17) is 34.7 Å². The summed E-state index contributed by atoms with van der Waals surface area (Å²) < 4.78 is 84.4. The number of nitrogens with zero attached hydrogens (tertiary/aromatic N) is 7. The summed E-state index contributed by atoms with van der Waals surface area (Å²) in [4.78, 5) is 54.0. The van der Waals surface area contributed by atoms with Crippen LogP contribution in [0.1, 0.15) is 12.5 Å². The highest BCUT2D eigenvalue weighted by atomic mass is 31.2. The number of aromatic amines is 1. The van der Waals surface area contributed by atoms with Gasteiger partial charge in [0.2, 0.25) is 14.0 Å². The van der Waals surface area contributed by atoms with E-state index >= 15 is 8.78 Å². The van der Waals surface area contributed by atoms with Gasteiger partial charge < -0.3 is 40.6 Å². The van der Waals surface area contributed by atoms with Gasteiger partial charge in [-0.2, -0.15) is 4.98 Å². The summed E-state index contributed by atoms with van der Waals surface area (Å²) in [6.45, 7) is -1.76. The minimum absolute atomic E-state index is 0.000579. The highest BCUT2D eigenvalue weighted by Crippen LogP contribution is 2.51. The van der Waals surface area contributed by atoms with Crippen LogP contribution < -0.4 is 17.0 Å². The van der Waals surface area contributed by atoms with Crippen molar-refractivity contribution < 1.29 is 56.1 Å². The van der Waals surface area contributed by atoms with Crippen molar-refractivity contribution in [3.05, 3.63) is 29.3 Å². The monoisotopic (exact) mass is 694 g/mol. The molecule has 4 aromatic heterocycles. The Balaban J connectivity index is 1.22. The second-order valence-corrected chi connectivity index (χ2v) is 12.5. The van der Waals surface area contributed by atoms with Crippen molar-refractivity contribution in [1.82, 2.24) is 39.0 Å². The zero-order valence-corrected chi connectivity index (χ0v) is 25.0. The minimum Gasteiger partial charge on any atom is -0.394 e. The highest BCUT2D eigenvalue weighted by Gasteiger charge is 2.52. The highest BCUT2D eigenvalue weighted by molar-refractivity contribution is 7.47. The summed E-state index contributed by atoms with van der Waals surface area (Å²) in [7, 11) is -8.50. The number of fused-ring (bicyclic) bond motifs is 2. The zero-order valence-electron chi connectivity index (χ0n) is 23.1. The number of hydrogen-bond acceptors (Lipinski definition) is 16. The first kappa shape index (κ1) is 32.4. The molecular weight excluding hydrogens is 668 g/mol. The fourth-order valence-electron chi connectivity index (χ4n) is 5.13. The maximum Gasteiger partial charge on any atom is 0.472 e. The average Bonchev–Trinajstić information content (AvgIpc) is 3.76. The molecular formula is C21H26F2N10O11P2. The normalized spacial score (nSPS) is 30.3. The van der Waals surface area contributed by atoms with Crippen LogP contribution in [-0.4, -0.2) is 110 Å². The van der Waals surface area contributed by atoms with E-state index in [9.17, 15) is 28.8 Å². The molecule has 0 spiro atoms. The van der Waals surface area contributed by atoms with Crippen LogP contribution >= 0.6 is 15.9 Å². The molecule has 0 amide bonds. The summed E-state index contributed by atoms with van der Waals surface area (Å²) in [5.41, 5.74) is 10.5. The van der Waals surface area contributed by atoms with Crippen molar-refractivity contribution in [2.75, 3.05) is 31.0 Å². The van der Waals surface area contributed by atoms with Crippen molar-refractivity contribution >= 4 is 49.9 Å². The number of nitrogen functional groups attached to an aromatic ring is 2. The van der Waals surface area contributed by atoms with Gasteiger partial charge >= 0.3 is 7.82 Å². The average molecular weight is 694 g/mol. The van der Waals surface area contributed by atoms with Crippen LogP contribution in [-0.2, 0) is 32.4 Å². The molecule has 6 rings (SSSR count). The number of nitrogens with two attached hydrogens (primary N) is 2. The molecule has 6 heterocycles. The molecule has 46 heavy (non-hydrogen) atoms. The zero-order chi connectivity index (χ0) is 32.9. The Bertz CT molecular complexity index is 1880. The van der Waals surface area contributed by atoms with Gasteiger partial charge in [0.25, 0.3) is 5.56 Å². The van der Waals surface area contributed by atoms with E-state index < -0.39 is 90.2 Å². The first-order chi connectivity index (χ1) is 21.9. The van der Waals surface area contributed by atoms with Crippen molar-refractivity contribution in [1.29, 1.82) is 0 Å². The number of phosphoric acid groups is 1. The number of ether oxygens (including phenoxy) is 3. The number of hydrogen-bond donors (Lipinski definition) is 6.